The van der Waals surface area contributed by atoms with E-state index in [1.54, 1.807) is 0 Å². The highest BCUT2D eigenvalue weighted by molar-refractivity contribution is 5.88. The van der Waals surface area contributed by atoms with Crippen LogP contribution in [-0.4, -0.2) is 63.7 Å². The van der Waals surface area contributed by atoms with Crippen LogP contribution in [0.3, 0.4) is 0 Å². The van der Waals surface area contributed by atoms with Gasteiger partial charge in [0.1, 0.15) is 11.9 Å². The molecule has 1 amide bonds. The third-order valence-electron chi connectivity index (χ3n) is 5.61. The van der Waals surface area contributed by atoms with E-state index >= 15 is 0 Å². The first kappa shape index (κ1) is 15.4. The highest BCUT2D eigenvalue weighted by atomic mass is 16.6. The maximum Gasteiger partial charge on any atom is 0.307 e. The van der Waals surface area contributed by atoms with Crippen LogP contribution < -0.4 is 4.90 Å². The summed E-state index contributed by atoms with van der Waals surface area (Å²) in [6.45, 7) is 2.71. The minimum Gasteiger partial charge on any atom is -0.458 e. The molecule has 130 valence electrons. The second kappa shape index (κ2) is 6.07. The molecular formula is C16H23N5O3. The molecule has 1 spiro atoms. The van der Waals surface area contributed by atoms with Crippen molar-refractivity contribution in [2.75, 3.05) is 31.1 Å². The van der Waals surface area contributed by atoms with Gasteiger partial charge in [0.15, 0.2) is 0 Å². The molecule has 0 bridgehead atoms. The lowest BCUT2D eigenvalue weighted by Gasteiger charge is -2.40. The van der Waals surface area contributed by atoms with Crippen molar-refractivity contribution in [2.45, 2.75) is 44.1 Å². The average Bonchev–Trinajstić information content (AvgIpc) is 3.24. The summed E-state index contributed by atoms with van der Waals surface area (Å²) in [5.41, 5.74) is -0.533. The van der Waals surface area contributed by atoms with Gasteiger partial charge in [-0.15, -0.1) is 0 Å². The highest BCUT2D eigenvalue weighted by Crippen LogP contribution is 2.45. The Bertz CT molecular complexity index is 603. The molecule has 8 heteroatoms. The van der Waals surface area contributed by atoms with Gasteiger partial charge >= 0.3 is 5.97 Å². The zero-order valence-electron chi connectivity index (χ0n) is 13.7. The first-order chi connectivity index (χ1) is 11.7. The minimum atomic E-state index is -0.533. The Morgan fingerprint density at radius 3 is 2.62 bits per heavy atom. The summed E-state index contributed by atoms with van der Waals surface area (Å²) in [4.78, 5) is 33.1. The zero-order chi connectivity index (χ0) is 16.6. The molecule has 1 aromatic heterocycles. The Hall–Kier alpha value is -2.12. The molecule has 1 unspecified atom stereocenters. The van der Waals surface area contributed by atoms with Crippen molar-refractivity contribution in [1.82, 2.24) is 20.1 Å². The molecule has 1 saturated carbocycles. The zero-order valence-corrected chi connectivity index (χ0v) is 13.7. The summed E-state index contributed by atoms with van der Waals surface area (Å²) in [6.07, 6.45) is 6.62. The number of aromatic nitrogens is 3. The van der Waals surface area contributed by atoms with Crippen LogP contribution in [0.15, 0.2) is 6.33 Å². The number of carbonyl (C=O) groups excluding carboxylic acids is 2. The van der Waals surface area contributed by atoms with Crippen LogP contribution in [0.25, 0.3) is 0 Å². The lowest BCUT2D eigenvalue weighted by Crippen LogP contribution is -2.54. The average molecular weight is 333 g/mol. The van der Waals surface area contributed by atoms with Crippen LogP contribution in [0.2, 0.25) is 0 Å². The molecule has 1 atom stereocenters. The molecule has 3 aliphatic rings. The molecule has 2 saturated heterocycles. The number of aromatic amines is 1. The monoisotopic (exact) mass is 333 g/mol. The molecule has 0 radical (unpaired) electrons. The van der Waals surface area contributed by atoms with Crippen LogP contribution in [0.5, 0.6) is 0 Å². The van der Waals surface area contributed by atoms with E-state index in [2.05, 4.69) is 20.1 Å². The maximum atomic E-state index is 13.1. The van der Waals surface area contributed by atoms with E-state index in [0.29, 0.717) is 13.1 Å². The van der Waals surface area contributed by atoms with E-state index in [-0.39, 0.29) is 24.2 Å². The van der Waals surface area contributed by atoms with Crippen molar-refractivity contribution in [3.8, 4) is 0 Å². The van der Waals surface area contributed by atoms with Crippen molar-refractivity contribution in [3.05, 3.63) is 6.33 Å². The lowest BCUT2D eigenvalue weighted by atomic mass is 9.75. The maximum absolute atomic E-state index is 13.1. The summed E-state index contributed by atoms with van der Waals surface area (Å²) in [5, 5.41) is 6.72. The third kappa shape index (κ3) is 2.63. The lowest BCUT2D eigenvalue weighted by molar-refractivity contribution is -0.155. The summed E-state index contributed by atoms with van der Waals surface area (Å²) in [6, 6.07) is 0. The number of hydrogen-bond donors (Lipinski definition) is 1. The molecule has 2 aliphatic heterocycles. The smallest absolute Gasteiger partial charge is 0.307 e. The first-order valence-corrected chi connectivity index (χ1v) is 8.79. The summed E-state index contributed by atoms with van der Waals surface area (Å²) >= 11 is 0. The number of ether oxygens (including phenoxy) is 1. The van der Waals surface area contributed by atoms with Gasteiger partial charge in [-0.25, -0.2) is 5.10 Å². The molecule has 8 nitrogen and oxygen atoms in total. The van der Waals surface area contributed by atoms with Gasteiger partial charge in [0.25, 0.3) is 0 Å². The van der Waals surface area contributed by atoms with Crippen LogP contribution in [0, 0.1) is 5.92 Å². The Balaban J connectivity index is 1.43. The fourth-order valence-corrected chi connectivity index (χ4v) is 4.32. The third-order valence-corrected chi connectivity index (χ3v) is 5.61. The Labute approximate surface area is 140 Å². The number of nitrogens with zero attached hydrogens (tertiary/aromatic N) is 4. The summed E-state index contributed by atoms with van der Waals surface area (Å²) in [5.74, 6) is 0.308. The van der Waals surface area contributed by atoms with Crippen LogP contribution in [0.4, 0.5) is 5.95 Å². The van der Waals surface area contributed by atoms with Gasteiger partial charge in [-0.3, -0.25) is 9.59 Å². The van der Waals surface area contributed by atoms with Gasteiger partial charge in [0.05, 0.1) is 12.3 Å². The van der Waals surface area contributed by atoms with Crippen LogP contribution in [-0.2, 0) is 14.3 Å². The van der Waals surface area contributed by atoms with Crippen LogP contribution >= 0.6 is 0 Å². The molecule has 4 rings (SSSR count). The predicted octanol–water partition coefficient (Wildman–Crippen LogP) is 0.719. The summed E-state index contributed by atoms with van der Waals surface area (Å²) < 4.78 is 5.67. The van der Waals surface area contributed by atoms with Crippen molar-refractivity contribution >= 4 is 17.8 Å². The molecule has 24 heavy (non-hydrogen) atoms. The quantitative estimate of drug-likeness (QED) is 0.802. The Morgan fingerprint density at radius 2 is 1.96 bits per heavy atom. The normalized spacial score (nSPS) is 26.7. The molecule has 1 aromatic rings. The molecular weight excluding hydrogens is 310 g/mol. The van der Waals surface area contributed by atoms with Crippen molar-refractivity contribution in [3.63, 3.8) is 0 Å². The van der Waals surface area contributed by atoms with E-state index in [9.17, 15) is 9.59 Å². The fraction of sp³-hybridized carbons (Fsp3) is 0.750. The van der Waals surface area contributed by atoms with Crippen molar-refractivity contribution in [2.24, 2.45) is 5.92 Å². The fourth-order valence-electron chi connectivity index (χ4n) is 4.32. The largest absolute Gasteiger partial charge is 0.458 e. The number of hydrogen-bond acceptors (Lipinski definition) is 6. The number of carbonyl (C=O) groups is 2. The van der Waals surface area contributed by atoms with Gasteiger partial charge in [0.2, 0.25) is 11.9 Å². The molecule has 1 aliphatic carbocycles. The molecule has 3 fully saturated rings. The van der Waals surface area contributed by atoms with E-state index < -0.39 is 5.60 Å². The number of piperazine rings is 1. The number of nitrogens with one attached hydrogen (secondary N) is 1. The van der Waals surface area contributed by atoms with Crippen LogP contribution in [0.1, 0.15) is 38.5 Å². The molecule has 3 heterocycles. The Kier molecular flexibility index (Phi) is 3.90. The molecule has 1 N–H and O–H groups in total. The van der Waals surface area contributed by atoms with Gasteiger partial charge in [-0.2, -0.15) is 10.1 Å². The highest BCUT2D eigenvalue weighted by Gasteiger charge is 2.53. The first-order valence-electron chi connectivity index (χ1n) is 8.79. The number of anilines is 1. The number of rotatable bonds is 2. The second-order valence-corrected chi connectivity index (χ2v) is 6.98. The van der Waals surface area contributed by atoms with Gasteiger partial charge < -0.3 is 14.5 Å². The standard InChI is InChI=1S/C16H23N5O3/c22-13-10-12(16(24-13)4-2-1-3-5-16)14(23)20-6-8-21(9-7-20)15-17-11-18-19-15/h11-12H,1-10H2,(H,17,18,19). The van der Waals surface area contributed by atoms with Gasteiger partial charge in [0, 0.05) is 26.2 Å². The van der Waals surface area contributed by atoms with Gasteiger partial charge in [-0.05, 0) is 25.7 Å². The topological polar surface area (TPSA) is 91.4 Å². The van der Waals surface area contributed by atoms with Crippen molar-refractivity contribution in [1.29, 1.82) is 0 Å². The van der Waals surface area contributed by atoms with E-state index in [0.717, 1.165) is 51.1 Å². The van der Waals surface area contributed by atoms with E-state index in [1.165, 1.54) is 6.33 Å². The number of amides is 1. The van der Waals surface area contributed by atoms with E-state index in [4.69, 9.17) is 4.74 Å². The van der Waals surface area contributed by atoms with E-state index in [1.807, 2.05) is 4.90 Å². The van der Waals surface area contributed by atoms with Crippen molar-refractivity contribution < 1.29 is 14.3 Å². The molecule has 0 aromatic carbocycles. The Morgan fingerprint density at radius 1 is 1.21 bits per heavy atom. The minimum absolute atomic E-state index is 0.0833. The SMILES string of the molecule is O=C1CC(C(=O)N2CCN(c3ncn[nH]3)CC2)C2(CCCCC2)O1. The number of H-pyrrole nitrogens is 1. The number of esters is 1. The van der Waals surface area contributed by atoms with Gasteiger partial charge in [-0.1, -0.05) is 6.42 Å². The predicted molar refractivity (Wildman–Crippen MR) is 85.2 cm³/mol. The second-order valence-electron chi connectivity index (χ2n) is 6.98. The summed E-state index contributed by atoms with van der Waals surface area (Å²) in [7, 11) is 0.